The maximum Gasteiger partial charge on any atom is 0.0376 e. The molecule has 5 aromatic carbocycles. The molecular formula is C40H24IrN2S2-2. The first-order valence-corrected chi connectivity index (χ1v) is 16.0. The predicted octanol–water partition coefficient (Wildman–Crippen LogP) is 11.5. The van der Waals surface area contributed by atoms with Crippen molar-refractivity contribution < 1.29 is 20.1 Å². The van der Waals surface area contributed by atoms with Crippen LogP contribution in [0, 0.1) is 12.1 Å². The molecule has 9 rings (SSSR count). The number of aromatic nitrogens is 2. The summed E-state index contributed by atoms with van der Waals surface area (Å²) < 4.78 is 5.34. The van der Waals surface area contributed by atoms with E-state index in [-0.39, 0.29) is 20.1 Å². The second-order valence-corrected chi connectivity index (χ2v) is 12.6. The first-order chi connectivity index (χ1) is 21.8. The van der Waals surface area contributed by atoms with Crippen LogP contribution in [0.15, 0.2) is 146 Å². The van der Waals surface area contributed by atoms with E-state index in [0.717, 1.165) is 22.5 Å². The molecule has 0 bridgehead atoms. The molecule has 1 radical (unpaired) electrons. The third-order valence-corrected chi connectivity index (χ3v) is 9.93. The summed E-state index contributed by atoms with van der Waals surface area (Å²) in [4.78, 5) is 8.89. The fourth-order valence-corrected chi connectivity index (χ4v) is 8.12. The number of fused-ring (bicyclic) bond motifs is 6. The van der Waals surface area contributed by atoms with Gasteiger partial charge in [0.15, 0.2) is 0 Å². The van der Waals surface area contributed by atoms with Gasteiger partial charge in [-0.1, -0.05) is 54.6 Å². The summed E-state index contributed by atoms with van der Waals surface area (Å²) >= 11 is 3.76. The molecule has 0 saturated carbocycles. The number of nitrogens with zero attached hydrogens (tertiary/aromatic N) is 2. The molecule has 0 unspecified atom stereocenters. The summed E-state index contributed by atoms with van der Waals surface area (Å²) in [6, 6.07) is 52.5. The molecule has 0 amide bonds. The van der Waals surface area contributed by atoms with E-state index in [1.54, 1.807) is 6.20 Å². The van der Waals surface area contributed by atoms with Gasteiger partial charge >= 0.3 is 0 Å². The number of pyridine rings is 2. The van der Waals surface area contributed by atoms with Crippen LogP contribution in [0.5, 0.6) is 0 Å². The van der Waals surface area contributed by atoms with E-state index in [2.05, 4.69) is 94.9 Å². The monoisotopic (exact) mass is 789 g/mol. The maximum atomic E-state index is 4.67. The van der Waals surface area contributed by atoms with Crippen LogP contribution < -0.4 is 0 Å². The van der Waals surface area contributed by atoms with E-state index in [1.807, 2.05) is 89.5 Å². The minimum Gasteiger partial charge on any atom is -0.305 e. The first kappa shape index (κ1) is 29.2. The van der Waals surface area contributed by atoms with Crippen molar-refractivity contribution in [2.24, 2.45) is 0 Å². The number of hydrogen-bond acceptors (Lipinski definition) is 4. The van der Waals surface area contributed by atoms with Crippen molar-refractivity contribution in [1.82, 2.24) is 9.97 Å². The molecule has 0 aliphatic rings. The summed E-state index contributed by atoms with van der Waals surface area (Å²) in [7, 11) is 0. The van der Waals surface area contributed by atoms with Crippen LogP contribution >= 0.6 is 22.7 Å². The third kappa shape index (κ3) is 5.61. The number of rotatable bonds is 3. The first-order valence-electron chi connectivity index (χ1n) is 14.4. The normalized spacial score (nSPS) is 10.9. The van der Waals surface area contributed by atoms with Crippen LogP contribution in [0.3, 0.4) is 0 Å². The number of hydrogen-bond donors (Lipinski definition) is 0. The zero-order valence-corrected chi connectivity index (χ0v) is 27.9. The summed E-state index contributed by atoms with van der Waals surface area (Å²) in [5.74, 6) is 0. The molecule has 217 valence electrons. The Morgan fingerprint density at radius 2 is 1.02 bits per heavy atom. The average molecular weight is 789 g/mol. The quantitative estimate of drug-likeness (QED) is 0.167. The van der Waals surface area contributed by atoms with Gasteiger partial charge in [-0.05, 0) is 52.8 Å². The molecule has 0 aliphatic heterocycles. The SMILES string of the molecule is [Ir].[c-]1ccccc1-c1cc(-c2c3c(cc4sc5ccccc5c24)sc2ccccc23)ccn1.[c-]1ccccc1-c1ccccn1. The molecule has 0 aliphatic carbocycles. The predicted molar refractivity (Wildman–Crippen MR) is 188 cm³/mol. The van der Waals surface area contributed by atoms with Crippen molar-refractivity contribution in [2.45, 2.75) is 0 Å². The minimum absolute atomic E-state index is 0. The van der Waals surface area contributed by atoms with Gasteiger partial charge in [-0.3, -0.25) is 0 Å². The Hall–Kier alpha value is -4.51. The van der Waals surface area contributed by atoms with Crippen LogP contribution in [0.4, 0.5) is 0 Å². The Balaban J connectivity index is 0.000000211. The van der Waals surface area contributed by atoms with E-state index in [4.69, 9.17) is 0 Å². The van der Waals surface area contributed by atoms with Crippen LogP contribution in [0.25, 0.3) is 74.0 Å². The van der Waals surface area contributed by atoms with E-state index >= 15 is 0 Å². The van der Waals surface area contributed by atoms with E-state index in [0.29, 0.717) is 0 Å². The summed E-state index contributed by atoms with van der Waals surface area (Å²) in [5.41, 5.74) is 6.49. The second kappa shape index (κ2) is 12.8. The Kier molecular flexibility index (Phi) is 8.34. The van der Waals surface area contributed by atoms with Crippen molar-refractivity contribution in [3.8, 4) is 33.6 Å². The standard InChI is InChI=1S/C29H16NS2.C11H8N.Ir/c1-2-8-18(9-3-1)22-16-19(14-15-30-22)27-28-20-10-4-6-12-23(20)31-25(28)17-26-29(27)21-11-5-7-13-24(21)32-26;1-2-6-10(7-3-1)11-8-4-5-9-12-11;/h1-8,10-17H;1-6,8-9H;/q2*-1;. The maximum absolute atomic E-state index is 4.67. The molecule has 0 N–H and O–H groups in total. The third-order valence-electron chi connectivity index (χ3n) is 7.69. The molecule has 9 aromatic rings. The smallest absolute Gasteiger partial charge is 0.0376 e. The Bertz CT molecular complexity index is 2260. The number of thiophene rings is 2. The molecule has 0 spiro atoms. The zero-order chi connectivity index (χ0) is 29.3. The van der Waals surface area contributed by atoms with Gasteiger partial charge in [0.25, 0.3) is 0 Å². The van der Waals surface area contributed by atoms with Gasteiger partial charge in [0, 0.05) is 72.8 Å². The fraction of sp³-hybridized carbons (Fsp3) is 0. The van der Waals surface area contributed by atoms with Gasteiger partial charge in [0.2, 0.25) is 0 Å². The van der Waals surface area contributed by atoms with Crippen molar-refractivity contribution in [3.05, 3.63) is 158 Å². The summed E-state index contributed by atoms with van der Waals surface area (Å²) in [6.07, 6.45) is 3.72. The van der Waals surface area contributed by atoms with Crippen LogP contribution in [0.1, 0.15) is 0 Å². The molecule has 45 heavy (non-hydrogen) atoms. The minimum atomic E-state index is 0. The van der Waals surface area contributed by atoms with Gasteiger partial charge in [-0.25, -0.2) is 0 Å². The van der Waals surface area contributed by atoms with E-state index < -0.39 is 0 Å². The number of benzene rings is 5. The molecular weight excluding hydrogens is 765 g/mol. The van der Waals surface area contributed by atoms with Crippen molar-refractivity contribution in [3.63, 3.8) is 0 Å². The molecule has 2 nitrogen and oxygen atoms in total. The topological polar surface area (TPSA) is 25.8 Å². The zero-order valence-electron chi connectivity index (χ0n) is 23.9. The van der Waals surface area contributed by atoms with Gasteiger partial charge in [0.1, 0.15) is 0 Å². The molecule has 0 fully saturated rings. The summed E-state index contributed by atoms with van der Waals surface area (Å²) in [6.45, 7) is 0. The van der Waals surface area contributed by atoms with Crippen LogP contribution in [-0.4, -0.2) is 9.97 Å². The Morgan fingerprint density at radius 3 is 1.60 bits per heavy atom. The van der Waals surface area contributed by atoms with Crippen molar-refractivity contribution >= 4 is 63.0 Å². The second-order valence-electron chi connectivity index (χ2n) is 10.4. The fourth-order valence-electron chi connectivity index (χ4n) is 5.74. The molecule has 4 heterocycles. The van der Waals surface area contributed by atoms with Gasteiger partial charge in [-0.15, -0.1) is 94.5 Å². The van der Waals surface area contributed by atoms with Crippen molar-refractivity contribution in [2.75, 3.05) is 0 Å². The average Bonchev–Trinajstić information content (AvgIpc) is 3.66. The van der Waals surface area contributed by atoms with Gasteiger partial charge in [-0.2, -0.15) is 0 Å². The molecule has 0 atom stereocenters. The summed E-state index contributed by atoms with van der Waals surface area (Å²) in [5, 5.41) is 5.33. The van der Waals surface area contributed by atoms with E-state index in [9.17, 15) is 0 Å². The largest absolute Gasteiger partial charge is 0.305 e. The Morgan fingerprint density at radius 1 is 0.467 bits per heavy atom. The van der Waals surface area contributed by atoms with Gasteiger partial charge < -0.3 is 9.97 Å². The van der Waals surface area contributed by atoms with E-state index in [1.165, 1.54) is 51.5 Å². The molecule has 5 heteroatoms. The molecule has 0 saturated heterocycles. The van der Waals surface area contributed by atoms with Crippen LogP contribution in [0.2, 0.25) is 0 Å². The van der Waals surface area contributed by atoms with Crippen molar-refractivity contribution in [1.29, 1.82) is 0 Å². The Labute approximate surface area is 283 Å². The van der Waals surface area contributed by atoms with Gasteiger partial charge in [0.05, 0.1) is 0 Å². The molecule has 4 aromatic heterocycles. The van der Waals surface area contributed by atoms with Crippen LogP contribution in [-0.2, 0) is 20.1 Å².